The molecule has 3 rings (SSSR count). The molecule has 2 aromatic rings. The first kappa shape index (κ1) is 11.5. The molecule has 2 N–H and O–H groups in total. The average molecular weight is 312 g/mol. The van der Waals surface area contributed by atoms with Crippen molar-refractivity contribution in [2.75, 3.05) is 6.79 Å². The molecule has 94 valence electrons. The summed E-state index contributed by atoms with van der Waals surface area (Å²) in [5.74, 6) is 2.15. The van der Waals surface area contributed by atoms with E-state index >= 15 is 0 Å². The van der Waals surface area contributed by atoms with Crippen LogP contribution >= 0.6 is 15.9 Å². The van der Waals surface area contributed by atoms with Gasteiger partial charge in [0.1, 0.15) is 0 Å². The highest BCUT2D eigenvalue weighted by atomic mass is 79.9. The lowest BCUT2D eigenvalue weighted by molar-refractivity contribution is 0.174. The molecule has 0 saturated heterocycles. The van der Waals surface area contributed by atoms with Crippen LogP contribution in [0.5, 0.6) is 11.5 Å². The van der Waals surface area contributed by atoms with Gasteiger partial charge in [-0.3, -0.25) is 0 Å². The Labute approximate surface area is 111 Å². The molecule has 1 aliphatic rings. The SMILES string of the molecule is Cc1c(Br)cc2c(c1-c1noc(CN)n1)OCO2. The van der Waals surface area contributed by atoms with Crippen LogP contribution in [0.2, 0.25) is 0 Å². The van der Waals surface area contributed by atoms with Crippen molar-refractivity contribution in [1.82, 2.24) is 10.1 Å². The number of ether oxygens (including phenoxy) is 2. The second kappa shape index (κ2) is 4.25. The smallest absolute Gasteiger partial charge is 0.240 e. The van der Waals surface area contributed by atoms with Gasteiger partial charge >= 0.3 is 0 Å². The number of halogens is 1. The molecule has 0 spiro atoms. The lowest BCUT2D eigenvalue weighted by atomic mass is 10.1. The van der Waals surface area contributed by atoms with Crippen LogP contribution in [-0.2, 0) is 6.54 Å². The van der Waals surface area contributed by atoms with E-state index in [0.717, 1.165) is 15.6 Å². The summed E-state index contributed by atoms with van der Waals surface area (Å²) in [6.45, 7) is 2.35. The average Bonchev–Trinajstić information content (AvgIpc) is 2.99. The van der Waals surface area contributed by atoms with Crippen molar-refractivity contribution in [3.63, 3.8) is 0 Å². The molecule has 0 unspecified atom stereocenters. The molecular formula is C11H10BrN3O3. The number of benzene rings is 1. The summed E-state index contributed by atoms with van der Waals surface area (Å²) < 4.78 is 16.8. The van der Waals surface area contributed by atoms with E-state index in [9.17, 15) is 0 Å². The van der Waals surface area contributed by atoms with E-state index in [-0.39, 0.29) is 13.3 Å². The number of aromatic nitrogens is 2. The monoisotopic (exact) mass is 311 g/mol. The maximum Gasteiger partial charge on any atom is 0.240 e. The van der Waals surface area contributed by atoms with Gasteiger partial charge in [0, 0.05) is 4.47 Å². The molecule has 0 radical (unpaired) electrons. The fourth-order valence-corrected chi connectivity index (χ4v) is 2.22. The molecule has 0 amide bonds. The van der Waals surface area contributed by atoms with Crippen LogP contribution < -0.4 is 15.2 Å². The molecule has 0 fully saturated rings. The number of rotatable bonds is 2. The van der Waals surface area contributed by atoms with Crippen LogP contribution in [0.15, 0.2) is 15.1 Å². The molecule has 2 heterocycles. The van der Waals surface area contributed by atoms with Crippen LogP contribution in [0.1, 0.15) is 11.5 Å². The highest BCUT2D eigenvalue weighted by Gasteiger charge is 2.25. The van der Waals surface area contributed by atoms with Gasteiger partial charge in [-0.2, -0.15) is 4.98 Å². The van der Waals surface area contributed by atoms with E-state index in [1.165, 1.54) is 0 Å². The van der Waals surface area contributed by atoms with E-state index in [1.54, 1.807) is 0 Å². The van der Waals surface area contributed by atoms with Crippen LogP contribution in [0.4, 0.5) is 0 Å². The Bertz CT molecular complexity index is 612. The van der Waals surface area contributed by atoms with Gasteiger partial charge in [-0.25, -0.2) is 0 Å². The Morgan fingerprint density at radius 1 is 1.44 bits per heavy atom. The lowest BCUT2D eigenvalue weighted by Crippen LogP contribution is -1.97. The van der Waals surface area contributed by atoms with Crippen LogP contribution in [0.3, 0.4) is 0 Å². The van der Waals surface area contributed by atoms with Crippen molar-refractivity contribution in [1.29, 1.82) is 0 Å². The summed E-state index contributed by atoms with van der Waals surface area (Å²) in [5.41, 5.74) is 7.19. The normalized spacial score (nSPS) is 13.1. The lowest BCUT2D eigenvalue weighted by Gasteiger charge is -2.07. The van der Waals surface area contributed by atoms with E-state index in [0.29, 0.717) is 23.2 Å². The van der Waals surface area contributed by atoms with Crippen LogP contribution in [0, 0.1) is 6.92 Å². The van der Waals surface area contributed by atoms with Crippen molar-refractivity contribution in [2.45, 2.75) is 13.5 Å². The highest BCUT2D eigenvalue weighted by molar-refractivity contribution is 9.10. The first-order valence-corrected chi connectivity index (χ1v) is 6.11. The van der Waals surface area contributed by atoms with Crippen LogP contribution in [0.25, 0.3) is 11.4 Å². The Morgan fingerprint density at radius 2 is 2.28 bits per heavy atom. The summed E-state index contributed by atoms with van der Waals surface area (Å²) in [5, 5.41) is 3.91. The zero-order valence-electron chi connectivity index (χ0n) is 9.57. The summed E-state index contributed by atoms with van der Waals surface area (Å²) >= 11 is 3.47. The second-order valence-electron chi connectivity index (χ2n) is 3.81. The topological polar surface area (TPSA) is 83.4 Å². The summed E-state index contributed by atoms with van der Waals surface area (Å²) in [4.78, 5) is 4.22. The van der Waals surface area contributed by atoms with E-state index < -0.39 is 0 Å². The van der Waals surface area contributed by atoms with E-state index in [2.05, 4.69) is 26.1 Å². The molecule has 0 atom stereocenters. The van der Waals surface area contributed by atoms with Crippen molar-refractivity contribution in [3.8, 4) is 22.9 Å². The van der Waals surface area contributed by atoms with Gasteiger partial charge in [-0.15, -0.1) is 0 Å². The molecule has 18 heavy (non-hydrogen) atoms. The predicted molar refractivity (Wildman–Crippen MR) is 66.2 cm³/mol. The minimum atomic E-state index is 0.194. The predicted octanol–water partition coefficient (Wildman–Crippen LogP) is 1.99. The number of nitrogens with zero attached hydrogens (tertiary/aromatic N) is 2. The molecule has 0 aliphatic carbocycles. The third-order valence-corrected chi connectivity index (χ3v) is 3.55. The van der Waals surface area contributed by atoms with Gasteiger partial charge in [0.2, 0.25) is 18.5 Å². The molecular weight excluding hydrogens is 302 g/mol. The fourth-order valence-electron chi connectivity index (χ4n) is 1.81. The van der Waals surface area contributed by atoms with Crippen molar-refractivity contribution in [2.24, 2.45) is 5.73 Å². The first-order chi connectivity index (χ1) is 8.70. The number of hydrogen-bond acceptors (Lipinski definition) is 6. The third-order valence-electron chi connectivity index (χ3n) is 2.73. The van der Waals surface area contributed by atoms with Gasteiger partial charge < -0.3 is 19.7 Å². The quantitative estimate of drug-likeness (QED) is 0.913. The van der Waals surface area contributed by atoms with Crippen molar-refractivity contribution < 1.29 is 14.0 Å². The zero-order chi connectivity index (χ0) is 12.7. The van der Waals surface area contributed by atoms with E-state index in [4.69, 9.17) is 19.7 Å². The number of fused-ring (bicyclic) bond motifs is 1. The first-order valence-electron chi connectivity index (χ1n) is 5.32. The number of hydrogen-bond donors (Lipinski definition) is 1. The number of nitrogens with two attached hydrogens (primary N) is 1. The Balaban J connectivity index is 2.21. The highest BCUT2D eigenvalue weighted by Crippen LogP contribution is 2.45. The van der Waals surface area contributed by atoms with Gasteiger partial charge in [-0.1, -0.05) is 21.1 Å². The van der Waals surface area contributed by atoms with Crippen molar-refractivity contribution in [3.05, 3.63) is 22.0 Å². The molecule has 1 aromatic carbocycles. The molecule has 0 bridgehead atoms. The van der Waals surface area contributed by atoms with E-state index in [1.807, 2.05) is 13.0 Å². The maximum atomic E-state index is 5.47. The Hall–Kier alpha value is -1.60. The minimum absolute atomic E-state index is 0.194. The minimum Gasteiger partial charge on any atom is -0.454 e. The third kappa shape index (κ3) is 1.67. The van der Waals surface area contributed by atoms with Gasteiger partial charge in [0.15, 0.2) is 11.5 Å². The Kier molecular flexibility index (Phi) is 2.71. The van der Waals surface area contributed by atoms with Gasteiger partial charge in [0.25, 0.3) is 0 Å². The second-order valence-corrected chi connectivity index (χ2v) is 4.66. The summed E-state index contributed by atoms with van der Waals surface area (Å²) in [7, 11) is 0. The van der Waals surface area contributed by atoms with Gasteiger partial charge in [0.05, 0.1) is 12.1 Å². The fraction of sp³-hybridized carbons (Fsp3) is 0.273. The zero-order valence-corrected chi connectivity index (χ0v) is 11.2. The molecule has 1 aromatic heterocycles. The molecule has 7 heteroatoms. The summed E-state index contributed by atoms with van der Waals surface area (Å²) in [6.07, 6.45) is 0. The standard InChI is InChI=1S/C11H10BrN3O3/c1-5-6(12)2-7-10(17-4-16-7)9(5)11-14-8(3-13)18-15-11/h2H,3-4,13H2,1H3. The molecule has 0 saturated carbocycles. The molecule has 1 aliphatic heterocycles. The maximum absolute atomic E-state index is 5.47. The summed E-state index contributed by atoms with van der Waals surface area (Å²) in [6, 6.07) is 1.87. The van der Waals surface area contributed by atoms with Crippen LogP contribution in [-0.4, -0.2) is 16.9 Å². The Morgan fingerprint density at radius 3 is 3.00 bits per heavy atom. The largest absolute Gasteiger partial charge is 0.454 e. The molecule has 6 nitrogen and oxygen atoms in total. The van der Waals surface area contributed by atoms with Gasteiger partial charge in [-0.05, 0) is 18.6 Å². The van der Waals surface area contributed by atoms with Crippen molar-refractivity contribution >= 4 is 15.9 Å².